The van der Waals surface area contributed by atoms with Crippen LogP contribution in [-0.4, -0.2) is 34.7 Å². The summed E-state index contributed by atoms with van der Waals surface area (Å²) in [5.41, 5.74) is 5.48. The van der Waals surface area contributed by atoms with Crippen molar-refractivity contribution >= 4 is 15.7 Å². The standard InChI is InChI=1S/C10H18NO2.C5H5N2.Au/c1-10(2,3)13-9(12)11-7-5-4-6-8-11;6-5-3-1-2-4-7-5;/h5H,4,6-8H2,1-3H3;1-2,4H,(H2,6,7);. The van der Waals surface area contributed by atoms with Crippen LogP contribution in [0.1, 0.15) is 33.6 Å². The molecule has 6 heteroatoms. The third-order valence-corrected chi connectivity index (χ3v) is 6.45. The summed E-state index contributed by atoms with van der Waals surface area (Å²) < 4.78 is 7.13. The summed E-state index contributed by atoms with van der Waals surface area (Å²) in [6.45, 7) is 7.25. The molecule has 1 aromatic heterocycles. The number of pyridine rings is 1. The van der Waals surface area contributed by atoms with E-state index in [2.05, 4.69) is 11.1 Å². The van der Waals surface area contributed by atoms with Gasteiger partial charge in [0.1, 0.15) is 0 Å². The van der Waals surface area contributed by atoms with E-state index in [-0.39, 0.29) is 25.8 Å². The second-order valence-electron chi connectivity index (χ2n) is 6.02. The SMILES string of the molecule is CC(C)(C)OC(=O)N1CCC[CH]([Au][c]2cccnc2N)C1. The number of amides is 1. The molecule has 2 heterocycles. The molecule has 1 aliphatic heterocycles. The number of hydrogen-bond donors (Lipinski definition) is 1. The first-order valence-corrected chi connectivity index (χ1v) is 9.42. The van der Waals surface area contributed by atoms with Crippen LogP contribution in [0.3, 0.4) is 0 Å². The Balaban J connectivity index is 1.95. The van der Waals surface area contributed by atoms with E-state index in [1.807, 2.05) is 31.7 Å². The fourth-order valence-corrected chi connectivity index (χ4v) is 5.31. The van der Waals surface area contributed by atoms with Gasteiger partial charge < -0.3 is 0 Å². The molecule has 1 amide bonds. The van der Waals surface area contributed by atoms with Crippen LogP contribution < -0.4 is 9.52 Å². The third-order valence-electron chi connectivity index (χ3n) is 2.95. The van der Waals surface area contributed by atoms with Gasteiger partial charge in [0.15, 0.2) is 0 Å². The average Bonchev–Trinajstić information content (AvgIpc) is 2.40. The van der Waals surface area contributed by atoms with Gasteiger partial charge in [0.25, 0.3) is 0 Å². The van der Waals surface area contributed by atoms with E-state index < -0.39 is 5.60 Å². The molecule has 1 saturated heterocycles. The van der Waals surface area contributed by atoms with Crippen molar-refractivity contribution in [1.82, 2.24) is 9.88 Å². The van der Waals surface area contributed by atoms with Crippen LogP contribution in [0, 0.1) is 0 Å². The first-order valence-electron chi connectivity index (χ1n) is 7.09. The number of aromatic nitrogens is 1. The monoisotopic (exact) mass is 474 g/mol. The number of likely N-dealkylation sites (tertiary alicyclic amines) is 1. The number of nitrogens with two attached hydrogens (primary N) is 1. The number of carbonyl (C=O) groups is 1. The number of rotatable bonds is 2. The van der Waals surface area contributed by atoms with E-state index >= 15 is 0 Å². The molecule has 1 aromatic rings. The van der Waals surface area contributed by atoms with E-state index in [0.717, 1.165) is 29.7 Å². The summed E-state index contributed by atoms with van der Waals surface area (Å²) in [7, 11) is 0. The van der Waals surface area contributed by atoms with Crippen molar-refractivity contribution in [3.63, 3.8) is 0 Å². The zero-order chi connectivity index (χ0) is 15.5. The molecule has 1 fully saturated rings. The Morgan fingerprint density at radius 3 is 2.95 bits per heavy atom. The molecule has 0 bridgehead atoms. The van der Waals surface area contributed by atoms with Crippen molar-refractivity contribution in [3.8, 4) is 0 Å². The second kappa shape index (κ2) is 6.81. The Morgan fingerprint density at radius 1 is 1.52 bits per heavy atom. The normalized spacial score (nSPS) is 19.6. The second-order valence-corrected chi connectivity index (χ2v) is 9.58. The maximum absolute atomic E-state index is 12.2. The van der Waals surface area contributed by atoms with Crippen LogP contribution in [0.25, 0.3) is 0 Å². The fourth-order valence-electron chi connectivity index (χ4n) is 2.05. The topological polar surface area (TPSA) is 68.5 Å². The van der Waals surface area contributed by atoms with E-state index in [0.29, 0.717) is 9.95 Å². The van der Waals surface area contributed by atoms with Crippen LogP contribution >= 0.6 is 0 Å². The van der Waals surface area contributed by atoms with Crippen LogP contribution in [0.5, 0.6) is 0 Å². The number of piperidine rings is 1. The summed E-state index contributed by atoms with van der Waals surface area (Å²) in [5.74, 6) is 0.633. The predicted molar refractivity (Wildman–Crippen MR) is 79.1 cm³/mol. The zero-order valence-corrected chi connectivity index (χ0v) is 14.9. The maximum atomic E-state index is 12.2. The van der Waals surface area contributed by atoms with Gasteiger partial charge in [-0.3, -0.25) is 0 Å². The summed E-state index contributed by atoms with van der Waals surface area (Å²) in [6, 6.07) is 3.98. The molecule has 1 unspecified atom stereocenters. The Hall–Kier alpha value is -1.04. The fraction of sp³-hybridized carbons (Fsp3) is 0.600. The van der Waals surface area contributed by atoms with E-state index in [4.69, 9.17) is 10.5 Å². The number of hydrogen-bond acceptors (Lipinski definition) is 4. The predicted octanol–water partition coefficient (Wildman–Crippen LogP) is 2.19. The minimum atomic E-state index is -0.439. The van der Waals surface area contributed by atoms with Gasteiger partial charge in [-0.25, -0.2) is 0 Å². The summed E-state index contributed by atoms with van der Waals surface area (Å²) >= 11 is -0.112. The zero-order valence-electron chi connectivity index (χ0n) is 12.7. The van der Waals surface area contributed by atoms with Crippen molar-refractivity contribution < 1.29 is 29.3 Å². The average molecular weight is 474 g/mol. The molecule has 0 saturated carbocycles. The molecule has 21 heavy (non-hydrogen) atoms. The number of anilines is 1. The Kier molecular flexibility index (Phi) is 5.30. The van der Waals surface area contributed by atoms with Crippen molar-refractivity contribution in [1.29, 1.82) is 0 Å². The summed E-state index contributed by atoms with van der Waals surface area (Å²) in [4.78, 5) is 18.1. The Bertz CT molecular complexity index is 502. The minimum absolute atomic E-state index is 0.112. The van der Waals surface area contributed by atoms with Gasteiger partial charge in [-0.15, -0.1) is 0 Å². The van der Waals surface area contributed by atoms with Crippen LogP contribution in [0.2, 0.25) is 4.14 Å². The van der Waals surface area contributed by atoms with Crippen LogP contribution in [-0.2, 0) is 24.5 Å². The van der Waals surface area contributed by atoms with Crippen LogP contribution in [0.4, 0.5) is 10.6 Å². The first-order chi connectivity index (χ1) is 9.85. The molecule has 0 aromatic carbocycles. The van der Waals surface area contributed by atoms with Gasteiger partial charge in [0.2, 0.25) is 0 Å². The van der Waals surface area contributed by atoms with Crippen molar-refractivity contribution in [2.24, 2.45) is 0 Å². The summed E-state index contributed by atoms with van der Waals surface area (Å²) in [5, 5.41) is 0. The molecule has 0 spiro atoms. The van der Waals surface area contributed by atoms with Crippen LogP contribution in [0.15, 0.2) is 18.3 Å². The van der Waals surface area contributed by atoms with E-state index in [1.54, 1.807) is 6.20 Å². The number of carbonyl (C=O) groups excluding carboxylic acids is 1. The number of nitrogen functional groups attached to an aromatic ring is 1. The molecule has 2 rings (SSSR count). The number of nitrogens with zero attached hydrogens (tertiary/aromatic N) is 2. The van der Waals surface area contributed by atoms with Gasteiger partial charge in [0.05, 0.1) is 0 Å². The molecular weight excluding hydrogens is 451 g/mol. The molecule has 1 atom stereocenters. The molecule has 0 radical (unpaired) electrons. The molecule has 2 N–H and O–H groups in total. The Labute approximate surface area is 135 Å². The van der Waals surface area contributed by atoms with Crippen molar-refractivity contribution in [3.05, 3.63) is 18.3 Å². The van der Waals surface area contributed by atoms with Gasteiger partial charge in [-0.2, -0.15) is 0 Å². The molecule has 5 nitrogen and oxygen atoms in total. The van der Waals surface area contributed by atoms with Gasteiger partial charge in [-0.05, 0) is 0 Å². The molecular formula is C15H23AuN3O2. The van der Waals surface area contributed by atoms with E-state index in [1.165, 1.54) is 0 Å². The Morgan fingerprint density at radius 2 is 2.29 bits per heavy atom. The van der Waals surface area contributed by atoms with Crippen molar-refractivity contribution in [2.75, 3.05) is 18.8 Å². The summed E-state index contributed by atoms with van der Waals surface area (Å²) in [6.07, 6.45) is 3.69. The van der Waals surface area contributed by atoms with Gasteiger partial charge >= 0.3 is 135 Å². The molecule has 1 aliphatic rings. The quantitative estimate of drug-likeness (QED) is 0.668. The number of ether oxygens (including phenoxy) is 1. The van der Waals surface area contributed by atoms with Gasteiger partial charge in [0, 0.05) is 0 Å². The first kappa shape index (κ1) is 16.3. The molecule has 0 aliphatic carbocycles. The third kappa shape index (κ3) is 5.02. The molecule has 121 valence electrons. The van der Waals surface area contributed by atoms with Gasteiger partial charge in [-0.1, -0.05) is 0 Å². The van der Waals surface area contributed by atoms with E-state index in [9.17, 15) is 4.79 Å². The van der Waals surface area contributed by atoms with Crippen molar-refractivity contribution in [2.45, 2.75) is 43.3 Å².